The lowest BCUT2D eigenvalue weighted by atomic mass is 9.92. The van der Waals surface area contributed by atoms with Crippen LogP contribution in [0.5, 0.6) is 5.75 Å². The first-order chi connectivity index (χ1) is 23.7. The summed E-state index contributed by atoms with van der Waals surface area (Å²) in [5, 5.41) is 2.22. The fraction of sp³-hybridized carbons (Fsp3) is 0.0227. The average Bonchev–Trinajstić information content (AvgIpc) is 3.18. The standard InChI is InChI=1S/C44H31N3O/c1-48-41-26-25-37(31-15-7-3-8-16-31)28-39(41)38-27-35-19-11-12-20-36(35)29-40(38)44-46-42(33-17-9-4-10-18-33)45-43(47-44)34-23-21-32(22-24-34)30-13-5-2-6-14-30/h2-29H,1H3. The van der Waals surface area contributed by atoms with Crippen molar-refractivity contribution < 1.29 is 4.74 Å². The van der Waals surface area contributed by atoms with Crippen LogP contribution >= 0.6 is 0 Å². The van der Waals surface area contributed by atoms with Gasteiger partial charge in [0.05, 0.1) is 7.11 Å². The van der Waals surface area contributed by atoms with E-state index >= 15 is 0 Å². The molecule has 0 aliphatic rings. The summed E-state index contributed by atoms with van der Waals surface area (Å²) in [6, 6.07) is 58.4. The summed E-state index contributed by atoms with van der Waals surface area (Å²) in [6.07, 6.45) is 0. The Kier molecular flexibility index (Phi) is 7.73. The van der Waals surface area contributed by atoms with Crippen LogP contribution in [0.2, 0.25) is 0 Å². The molecule has 228 valence electrons. The average molecular weight is 618 g/mol. The van der Waals surface area contributed by atoms with Gasteiger partial charge < -0.3 is 4.74 Å². The normalized spacial score (nSPS) is 11.0. The van der Waals surface area contributed by atoms with Crippen molar-refractivity contribution in [2.75, 3.05) is 7.11 Å². The van der Waals surface area contributed by atoms with Gasteiger partial charge in [-0.2, -0.15) is 0 Å². The van der Waals surface area contributed by atoms with Crippen LogP contribution in [0.15, 0.2) is 170 Å². The van der Waals surface area contributed by atoms with Gasteiger partial charge in [-0.15, -0.1) is 0 Å². The molecule has 8 aromatic rings. The van der Waals surface area contributed by atoms with E-state index in [2.05, 4.69) is 121 Å². The van der Waals surface area contributed by atoms with Crippen LogP contribution in [0, 0.1) is 0 Å². The predicted octanol–water partition coefficient (Wildman–Crippen LogP) is 11.0. The van der Waals surface area contributed by atoms with E-state index in [1.165, 1.54) is 0 Å². The minimum absolute atomic E-state index is 0.596. The Hall–Kier alpha value is -6.39. The van der Waals surface area contributed by atoms with Crippen molar-refractivity contribution in [2.24, 2.45) is 0 Å². The molecule has 0 N–H and O–H groups in total. The highest BCUT2D eigenvalue weighted by atomic mass is 16.5. The van der Waals surface area contributed by atoms with Gasteiger partial charge in [-0.25, -0.2) is 15.0 Å². The van der Waals surface area contributed by atoms with Crippen LogP contribution in [0.4, 0.5) is 0 Å². The number of ether oxygens (including phenoxy) is 1. The first-order valence-electron chi connectivity index (χ1n) is 16.0. The molecule has 0 atom stereocenters. The molecule has 0 unspecified atom stereocenters. The highest BCUT2D eigenvalue weighted by molar-refractivity contribution is 5.97. The molecule has 48 heavy (non-hydrogen) atoms. The van der Waals surface area contributed by atoms with Crippen LogP contribution in [-0.2, 0) is 0 Å². The molecule has 0 aliphatic heterocycles. The number of aromatic nitrogens is 3. The zero-order valence-electron chi connectivity index (χ0n) is 26.4. The number of nitrogens with zero attached hydrogens (tertiary/aromatic N) is 3. The van der Waals surface area contributed by atoms with Crippen LogP contribution in [0.3, 0.4) is 0 Å². The number of hydrogen-bond donors (Lipinski definition) is 0. The third-order valence-electron chi connectivity index (χ3n) is 8.64. The van der Waals surface area contributed by atoms with Gasteiger partial charge in [0, 0.05) is 22.3 Å². The van der Waals surface area contributed by atoms with E-state index in [0.717, 1.165) is 66.6 Å². The SMILES string of the molecule is COc1ccc(-c2ccccc2)cc1-c1cc2ccccc2cc1-c1nc(-c2ccccc2)nc(-c2ccc(-c3ccccc3)cc2)n1. The summed E-state index contributed by atoms with van der Waals surface area (Å²) < 4.78 is 5.97. The van der Waals surface area contributed by atoms with Gasteiger partial charge in [-0.05, 0) is 62.9 Å². The third-order valence-corrected chi connectivity index (χ3v) is 8.64. The van der Waals surface area contributed by atoms with Crippen LogP contribution in [0.25, 0.3) is 78.3 Å². The van der Waals surface area contributed by atoms with E-state index in [-0.39, 0.29) is 0 Å². The summed E-state index contributed by atoms with van der Waals surface area (Å²) >= 11 is 0. The Labute approximate surface area is 280 Å². The number of rotatable bonds is 7. The smallest absolute Gasteiger partial charge is 0.164 e. The Morgan fingerprint density at radius 2 is 0.750 bits per heavy atom. The molecular weight excluding hydrogens is 587 g/mol. The molecule has 7 aromatic carbocycles. The number of fused-ring (bicyclic) bond motifs is 1. The van der Waals surface area contributed by atoms with Crippen LogP contribution < -0.4 is 4.74 Å². The Morgan fingerprint density at radius 3 is 1.33 bits per heavy atom. The highest BCUT2D eigenvalue weighted by Gasteiger charge is 2.19. The molecule has 0 radical (unpaired) electrons. The lowest BCUT2D eigenvalue weighted by Gasteiger charge is -2.17. The molecule has 4 heteroatoms. The van der Waals surface area contributed by atoms with Crippen molar-refractivity contribution in [3.63, 3.8) is 0 Å². The second kappa shape index (κ2) is 12.8. The molecule has 0 aliphatic carbocycles. The molecule has 4 nitrogen and oxygen atoms in total. The Bertz CT molecular complexity index is 2360. The highest BCUT2D eigenvalue weighted by Crippen LogP contribution is 2.41. The van der Waals surface area contributed by atoms with Crippen molar-refractivity contribution in [2.45, 2.75) is 0 Å². The number of benzene rings is 7. The quantitative estimate of drug-likeness (QED) is 0.179. The van der Waals surface area contributed by atoms with Crippen LogP contribution in [-0.4, -0.2) is 22.1 Å². The minimum Gasteiger partial charge on any atom is -0.496 e. The zero-order valence-corrected chi connectivity index (χ0v) is 26.4. The predicted molar refractivity (Wildman–Crippen MR) is 197 cm³/mol. The topological polar surface area (TPSA) is 47.9 Å². The fourth-order valence-corrected chi connectivity index (χ4v) is 6.16. The maximum absolute atomic E-state index is 5.97. The monoisotopic (exact) mass is 617 g/mol. The molecule has 0 fully saturated rings. The van der Waals surface area contributed by atoms with Gasteiger partial charge in [0.2, 0.25) is 0 Å². The zero-order chi connectivity index (χ0) is 32.3. The lowest BCUT2D eigenvalue weighted by molar-refractivity contribution is 0.416. The van der Waals surface area contributed by atoms with Crippen molar-refractivity contribution >= 4 is 10.8 Å². The molecule has 1 aromatic heterocycles. The summed E-state index contributed by atoms with van der Waals surface area (Å²) in [7, 11) is 1.72. The molecule has 8 rings (SSSR count). The Balaban J connectivity index is 1.35. The lowest BCUT2D eigenvalue weighted by Crippen LogP contribution is -2.01. The molecule has 0 spiro atoms. The first kappa shape index (κ1) is 29.0. The van der Waals surface area contributed by atoms with E-state index in [0.29, 0.717) is 17.5 Å². The van der Waals surface area contributed by atoms with E-state index in [4.69, 9.17) is 19.7 Å². The summed E-state index contributed by atoms with van der Waals surface area (Å²) in [5.74, 6) is 2.61. The second-order valence-electron chi connectivity index (χ2n) is 11.6. The molecule has 0 saturated heterocycles. The second-order valence-corrected chi connectivity index (χ2v) is 11.6. The molecule has 1 heterocycles. The Morgan fingerprint density at radius 1 is 0.333 bits per heavy atom. The van der Waals surface area contributed by atoms with Gasteiger partial charge in [0.15, 0.2) is 17.5 Å². The molecular formula is C44H31N3O. The number of methoxy groups -OCH3 is 1. The van der Waals surface area contributed by atoms with Crippen molar-refractivity contribution in [1.82, 2.24) is 15.0 Å². The van der Waals surface area contributed by atoms with Gasteiger partial charge in [0.1, 0.15) is 5.75 Å². The number of hydrogen-bond acceptors (Lipinski definition) is 4. The third kappa shape index (κ3) is 5.72. The van der Waals surface area contributed by atoms with Gasteiger partial charge >= 0.3 is 0 Å². The van der Waals surface area contributed by atoms with Crippen molar-refractivity contribution in [3.8, 4) is 73.3 Å². The van der Waals surface area contributed by atoms with Gasteiger partial charge in [-0.1, -0.05) is 146 Å². The van der Waals surface area contributed by atoms with Gasteiger partial charge in [0.25, 0.3) is 0 Å². The van der Waals surface area contributed by atoms with Gasteiger partial charge in [-0.3, -0.25) is 0 Å². The van der Waals surface area contributed by atoms with Crippen LogP contribution in [0.1, 0.15) is 0 Å². The maximum Gasteiger partial charge on any atom is 0.164 e. The van der Waals surface area contributed by atoms with Crippen molar-refractivity contribution in [3.05, 3.63) is 170 Å². The van der Waals surface area contributed by atoms with Crippen molar-refractivity contribution in [1.29, 1.82) is 0 Å². The summed E-state index contributed by atoms with van der Waals surface area (Å²) in [5.41, 5.74) is 9.24. The fourth-order valence-electron chi connectivity index (χ4n) is 6.16. The first-order valence-corrected chi connectivity index (χ1v) is 16.0. The molecule has 0 amide bonds. The summed E-state index contributed by atoms with van der Waals surface area (Å²) in [6.45, 7) is 0. The summed E-state index contributed by atoms with van der Waals surface area (Å²) in [4.78, 5) is 15.3. The van der Waals surface area contributed by atoms with E-state index in [1.807, 2.05) is 48.5 Å². The largest absolute Gasteiger partial charge is 0.496 e. The van der Waals surface area contributed by atoms with E-state index < -0.39 is 0 Å². The van der Waals surface area contributed by atoms with E-state index in [9.17, 15) is 0 Å². The minimum atomic E-state index is 0.596. The molecule has 0 saturated carbocycles. The van der Waals surface area contributed by atoms with E-state index in [1.54, 1.807) is 7.11 Å². The maximum atomic E-state index is 5.97. The molecule has 0 bridgehead atoms.